The molecule has 0 saturated carbocycles. The Morgan fingerprint density at radius 3 is 2.58 bits per heavy atom. The number of anilines is 1. The Balaban J connectivity index is 2.06. The van der Waals surface area contributed by atoms with Crippen molar-refractivity contribution in [3.05, 3.63) is 57.9 Å². The number of aromatic nitrogens is 1. The molecule has 0 radical (unpaired) electrons. The molecule has 1 N–H and O–H groups in total. The lowest BCUT2D eigenvalue weighted by Gasteiger charge is -2.29. The first kappa shape index (κ1) is 18.4. The summed E-state index contributed by atoms with van der Waals surface area (Å²) in [4.78, 5) is 26.7. The molecule has 1 aromatic heterocycles. The molecular formula is C19H18ClN3O2S. The van der Waals surface area contributed by atoms with Gasteiger partial charge in [-0.25, -0.2) is 0 Å². The fraction of sp³-hybridized carbons (Fsp3) is 0.211. The topological polar surface area (TPSA) is 54.3 Å². The van der Waals surface area contributed by atoms with Crippen molar-refractivity contribution in [1.82, 2.24) is 9.88 Å². The van der Waals surface area contributed by atoms with E-state index in [4.69, 9.17) is 23.8 Å². The standard InChI is InChI=1S/C19H18ClN3O2S/c1-4-22-11(2)8-13(12(22)3)9-16-17(24)21-19(26)23(18(16)25)15-7-5-6-14(20)10-15/h5-10H,4H2,1-3H3,(H,21,24,26)/b16-9+. The molecule has 134 valence electrons. The number of hydrogen-bond donors (Lipinski definition) is 1. The summed E-state index contributed by atoms with van der Waals surface area (Å²) in [7, 11) is 0. The van der Waals surface area contributed by atoms with Crippen molar-refractivity contribution in [1.29, 1.82) is 0 Å². The average molecular weight is 388 g/mol. The van der Waals surface area contributed by atoms with Crippen LogP contribution in [-0.4, -0.2) is 21.5 Å². The zero-order valence-corrected chi connectivity index (χ0v) is 16.2. The van der Waals surface area contributed by atoms with Gasteiger partial charge in [-0.1, -0.05) is 17.7 Å². The normalized spacial score (nSPS) is 16.4. The van der Waals surface area contributed by atoms with Crippen molar-refractivity contribution in [2.45, 2.75) is 27.3 Å². The lowest BCUT2D eigenvalue weighted by atomic mass is 10.1. The first-order valence-corrected chi connectivity index (χ1v) is 8.96. The van der Waals surface area contributed by atoms with Gasteiger partial charge in [-0.3, -0.25) is 19.8 Å². The third-order valence-electron chi connectivity index (χ3n) is 4.40. The minimum atomic E-state index is -0.500. The molecule has 1 fully saturated rings. The molecule has 0 spiro atoms. The van der Waals surface area contributed by atoms with Gasteiger partial charge in [0, 0.05) is 23.0 Å². The fourth-order valence-corrected chi connectivity index (χ4v) is 3.59. The van der Waals surface area contributed by atoms with Gasteiger partial charge in [0.15, 0.2) is 5.11 Å². The van der Waals surface area contributed by atoms with E-state index in [-0.39, 0.29) is 10.7 Å². The van der Waals surface area contributed by atoms with Gasteiger partial charge in [-0.05, 0) is 68.9 Å². The Hall–Kier alpha value is -2.44. The van der Waals surface area contributed by atoms with Gasteiger partial charge in [0.05, 0.1) is 5.69 Å². The molecule has 0 unspecified atom stereocenters. The van der Waals surface area contributed by atoms with E-state index in [2.05, 4.69) is 16.8 Å². The van der Waals surface area contributed by atoms with Gasteiger partial charge < -0.3 is 4.57 Å². The van der Waals surface area contributed by atoms with Crippen LogP contribution in [0.15, 0.2) is 35.9 Å². The maximum atomic E-state index is 13.0. The van der Waals surface area contributed by atoms with Gasteiger partial charge in [0.25, 0.3) is 11.8 Å². The van der Waals surface area contributed by atoms with Crippen LogP contribution in [0, 0.1) is 13.8 Å². The number of halogens is 1. The molecule has 0 atom stereocenters. The molecule has 1 saturated heterocycles. The summed E-state index contributed by atoms with van der Waals surface area (Å²) in [6.45, 7) is 6.83. The van der Waals surface area contributed by atoms with Gasteiger partial charge >= 0.3 is 0 Å². The zero-order chi connectivity index (χ0) is 19.0. The van der Waals surface area contributed by atoms with Gasteiger partial charge in [-0.2, -0.15) is 0 Å². The SMILES string of the molecule is CCn1c(C)cc(/C=C2\C(=O)NC(=S)N(c3cccc(Cl)c3)C2=O)c1C. The van der Waals surface area contributed by atoms with Crippen LogP contribution in [0.5, 0.6) is 0 Å². The molecule has 2 amide bonds. The molecule has 1 aliphatic rings. The smallest absolute Gasteiger partial charge is 0.270 e. The lowest BCUT2D eigenvalue weighted by Crippen LogP contribution is -2.54. The van der Waals surface area contributed by atoms with Gasteiger partial charge in [-0.15, -0.1) is 0 Å². The highest BCUT2D eigenvalue weighted by atomic mass is 35.5. The molecule has 0 bridgehead atoms. The average Bonchev–Trinajstić information content (AvgIpc) is 2.84. The van der Waals surface area contributed by atoms with Crippen LogP contribution in [0.2, 0.25) is 5.02 Å². The van der Waals surface area contributed by atoms with E-state index in [1.165, 1.54) is 4.90 Å². The number of nitrogens with zero attached hydrogens (tertiary/aromatic N) is 2. The number of thiocarbonyl (C=S) groups is 1. The van der Waals surface area contributed by atoms with Crippen molar-refractivity contribution in [2.24, 2.45) is 0 Å². The highest BCUT2D eigenvalue weighted by Gasteiger charge is 2.34. The van der Waals surface area contributed by atoms with E-state index in [9.17, 15) is 9.59 Å². The maximum Gasteiger partial charge on any atom is 0.270 e. The molecule has 7 heteroatoms. The monoisotopic (exact) mass is 387 g/mol. The van der Waals surface area contributed by atoms with E-state index in [1.807, 2.05) is 19.9 Å². The Morgan fingerprint density at radius 1 is 1.23 bits per heavy atom. The Morgan fingerprint density at radius 2 is 1.96 bits per heavy atom. The first-order chi connectivity index (χ1) is 12.3. The molecule has 1 aliphatic heterocycles. The van der Waals surface area contributed by atoms with Gasteiger partial charge in [0.1, 0.15) is 5.57 Å². The van der Waals surface area contributed by atoms with Crippen LogP contribution >= 0.6 is 23.8 Å². The third-order valence-corrected chi connectivity index (χ3v) is 4.92. The second kappa shape index (κ2) is 7.05. The number of rotatable bonds is 3. The minimum absolute atomic E-state index is 0.0370. The molecule has 0 aliphatic carbocycles. The number of nitrogens with one attached hydrogen (secondary N) is 1. The minimum Gasteiger partial charge on any atom is -0.349 e. The van der Waals surface area contributed by atoms with Crippen molar-refractivity contribution < 1.29 is 9.59 Å². The predicted octanol–water partition coefficient (Wildman–Crippen LogP) is 3.61. The summed E-state index contributed by atoms with van der Waals surface area (Å²) < 4.78 is 2.12. The van der Waals surface area contributed by atoms with Crippen molar-refractivity contribution in [2.75, 3.05) is 4.90 Å². The van der Waals surface area contributed by atoms with E-state index in [0.29, 0.717) is 10.7 Å². The Bertz CT molecular complexity index is 962. The molecule has 3 rings (SSSR count). The Kier molecular flexibility index (Phi) is 4.98. The largest absolute Gasteiger partial charge is 0.349 e. The summed E-state index contributed by atoms with van der Waals surface area (Å²) >= 11 is 11.2. The summed E-state index contributed by atoms with van der Waals surface area (Å²) in [5, 5.41) is 3.10. The van der Waals surface area contributed by atoms with Crippen LogP contribution in [0.4, 0.5) is 5.69 Å². The quantitative estimate of drug-likeness (QED) is 0.497. The van der Waals surface area contributed by atoms with Crippen molar-refractivity contribution in [3.8, 4) is 0 Å². The lowest BCUT2D eigenvalue weighted by molar-refractivity contribution is -0.122. The zero-order valence-electron chi connectivity index (χ0n) is 14.7. The molecule has 1 aromatic carbocycles. The molecule has 2 aromatic rings. The molecule has 2 heterocycles. The first-order valence-electron chi connectivity index (χ1n) is 8.17. The number of hydrogen-bond acceptors (Lipinski definition) is 3. The van der Waals surface area contributed by atoms with Crippen LogP contribution in [-0.2, 0) is 16.1 Å². The fourth-order valence-electron chi connectivity index (χ4n) is 3.12. The number of benzene rings is 1. The van der Waals surface area contributed by atoms with Gasteiger partial charge in [0.2, 0.25) is 0 Å². The number of aryl methyl sites for hydroxylation is 1. The summed E-state index contributed by atoms with van der Waals surface area (Å²) in [5.74, 6) is -0.970. The third kappa shape index (κ3) is 3.18. The summed E-state index contributed by atoms with van der Waals surface area (Å²) in [6, 6.07) is 8.74. The van der Waals surface area contributed by atoms with Crippen LogP contribution in [0.3, 0.4) is 0 Å². The maximum absolute atomic E-state index is 13.0. The Labute approximate surface area is 162 Å². The van der Waals surface area contributed by atoms with Crippen LogP contribution in [0.25, 0.3) is 6.08 Å². The van der Waals surface area contributed by atoms with E-state index in [1.54, 1.807) is 30.3 Å². The number of carbonyl (C=O) groups is 2. The second-order valence-corrected chi connectivity index (χ2v) is 6.83. The van der Waals surface area contributed by atoms with E-state index >= 15 is 0 Å². The van der Waals surface area contributed by atoms with Crippen molar-refractivity contribution in [3.63, 3.8) is 0 Å². The van der Waals surface area contributed by atoms with Crippen LogP contribution in [0.1, 0.15) is 23.9 Å². The molecular weight excluding hydrogens is 370 g/mol. The van der Waals surface area contributed by atoms with E-state index < -0.39 is 11.8 Å². The number of carbonyl (C=O) groups excluding carboxylic acids is 2. The highest BCUT2D eigenvalue weighted by Crippen LogP contribution is 2.25. The summed E-state index contributed by atoms with van der Waals surface area (Å²) in [6.07, 6.45) is 1.62. The molecule has 5 nitrogen and oxygen atoms in total. The highest BCUT2D eigenvalue weighted by molar-refractivity contribution is 7.80. The summed E-state index contributed by atoms with van der Waals surface area (Å²) in [5.41, 5.74) is 3.46. The predicted molar refractivity (Wildman–Crippen MR) is 107 cm³/mol. The number of amides is 2. The molecule has 26 heavy (non-hydrogen) atoms. The van der Waals surface area contributed by atoms with Crippen molar-refractivity contribution >= 4 is 52.5 Å². The van der Waals surface area contributed by atoms with E-state index in [0.717, 1.165) is 23.5 Å². The van der Waals surface area contributed by atoms with Crippen LogP contribution < -0.4 is 10.2 Å². The second-order valence-electron chi connectivity index (χ2n) is 6.01.